The lowest BCUT2D eigenvalue weighted by Crippen LogP contribution is -2.13. The second kappa shape index (κ2) is 10.6. The van der Waals surface area contributed by atoms with Gasteiger partial charge in [-0.2, -0.15) is 16.8 Å². The highest BCUT2D eigenvalue weighted by atomic mass is 32.2. The fourth-order valence-electron chi connectivity index (χ4n) is 6.98. The number of epoxide rings is 1. The predicted octanol–water partition coefficient (Wildman–Crippen LogP) is 6.73. The van der Waals surface area contributed by atoms with Crippen LogP contribution in [0, 0.1) is 41.5 Å². The third-order valence-electron chi connectivity index (χ3n) is 8.77. The summed E-state index contributed by atoms with van der Waals surface area (Å²) in [6.45, 7) is 10.1. The third kappa shape index (κ3) is 5.21. The molecule has 6 rings (SSSR count). The molecule has 0 bridgehead atoms. The average Bonchev–Trinajstić information content (AvgIpc) is 3.72. The molecule has 1 fully saturated rings. The number of hydrogen-bond donors (Lipinski definition) is 5. The summed E-state index contributed by atoms with van der Waals surface area (Å²) in [6, 6.07) is 14.4. The van der Waals surface area contributed by atoms with Crippen LogP contribution in [-0.2, 0) is 25.0 Å². The number of aliphatic hydroxyl groups is 1. The molecule has 1 heterocycles. The molecule has 2 aliphatic rings. The van der Waals surface area contributed by atoms with Gasteiger partial charge >= 0.3 is 0 Å². The highest BCUT2D eigenvalue weighted by Crippen LogP contribution is 2.60. The Morgan fingerprint density at radius 3 is 1.53 bits per heavy atom. The molecular weight excluding hydrogens is 617 g/mol. The molecular formula is C33H34N2O8S2. The van der Waals surface area contributed by atoms with Gasteiger partial charge in [0.1, 0.15) is 28.1 Å². The van der Waals surface area contributed by atoms with Crippen molar-refractivity contribution < 1.29 is 35.8 Å². The monoisotopic (exact) mass is 650 g/mol. The molecule has 236 valence electrons. The van der Waals surface area contributed by atoms with Crippen molar-refractivity contribution in [1.82, 2.24) is 0 Å². The van der Waals surface area contributed by atoms with Crippen molar-refractivity contribution in [3.05, 3.63) is 104 Å². The topological polar surface area (TPSA) is 166 Å². The van der Waals surface area contributed by atoms with Crippen molar-refractivity contribution in [2.24, 2.45) is 0 Å². The summed E-state index contributed by atoms with van der Waals surface area (Å²) in [5, 5.41) is 18.7. The quantitative estimate of drug-likeness (QED) is 0.112. The van der Waals surface area contributed by atoms with E-state index in [9.17, 15) is 31.0 Å². The predicted molar refractivity (Wildman–Crippen MR) is 171 cm³/mol. The standard InChI is InChI=1S/C33H34N2O8S2/c1-15-13-17(3)32(44(37,38)39)19(5)27(15)34-23-11-12-24(35-28-16(2)14-18(4)33(20(28)6)45(40,41)42)26-25(23)29(36)21-9-7-8-10-22(21)30-31(26)43-30/h7-14,29-31,34-36H,1-6H3,(H,37,38,39)(H,40,41,42). The number of benzene rings is 4. The van der Waals surface area contributed by atoms with Crippen molar-refractivity contribution in [2.45, 2.75) is 69.6 Å². The maximum Gasteiger partial charge on any atom is 0.295 e. The van der Waals surface area contributed by atoms with Gasteiger partial charge in [-0.15, -0.1) is 0 Å². The molecule has 0 aromatic heterocycles. The first-order valence-electron chi connectivity index (χ1n) is 14.3. The molecule has 4 aromatic rings. The molecule has 5 N–H and O–H groups in total. The van der Waals surface area contributed by atoms with Crippen LogP contribution in [0.3, 0.4) is 0 Å². The normalized spacial score (nSPS) is 18.8. The van der Waals surface area contributed by atoms with E-state index in [0.717, 1.165) is 16.7 Å². The molecule has 12 heteroatoms. The van der Waals surface area contributed by atoms with Gasteiger partial charge in [0.15, 0.2) is 0 Å². The molecule has 0 radical (unpaired) electrons. The summed E-state index contributed by atoms with van der Waals surface area (Å²) in [7, 11) is -9.03. The van der Waals surface area contributed by atoms with Crippen molar-refractivity contribution in [3.63, 3.8) is 0 Å². The van der Waals surface area contributed by atoms with Gasteiger partial charge in [-0.1, -0.05) is 36.4 Å². The molecule has 4 aromatic carbocycles. The van der Waals surface area contributed by atoms with Crippen molar-refractivity contribution in [3.8, 4) is 0 Å². The molecule has 1 saturated heterocycles. The molecule has 3 atom stereocenters. The van der Waals surface area contributed by atoms with Crippen LogP contribution in [0.25, 0.3) is 0 Å². The minimum atomic E-state index is -4.52. The van der Waals surface area contributed by atoms with Crippen LogP contribution in [0.2, 0.25) is 0 Å². The lowest BCUT2D eigenvalue weighted by molar-refractivity contribution is 0.216. The first kappa shape index (κ1) is 31.2. The molecule has 1 aliphatic carbocycles. The zero-order valence-corrected chi connectivity index (χ0v) is 27.2. The Kier molecular flexibility index (Phi) is 7.39. The van der Waals surface area contributed by atoms with E-state index < -0.39 is 32.4 Å². The maximum absolute atomic E-state index is 12.3. The molecule has 0 amide bonds. The number of ether oxygens (including phenoxy) is 1. The van der Waals surface area contributed by atoms with E-state index in [0.29, 0.717) is 61.7 Å². The molecule has 3 unspecified atom stereocenters. The summed E-state index contributed by atoms with van der Waals surface area (Å²) in [4.78, 5) is -0.357. The number of anilines is 4. The summed E-state index contributed by atoms with van der Waals surface area (Å²) in [6.07, 6.45) is -1.86. The van der Waals surface area contributed by atoms with Gasteiger partial charge < -0.3 is 20.5 Å². The van der Waals surface area contributed by atoms with Crippen molar-refractivity contribution in [1.29, 1.82) is 0 Å². The minimum Gasteiger partial charge on any atom is -0.384 e. The third-order valence-corrected chi connectivity index (χ3v) is 11.1. The van der Waals surface area contributed by atoms with E-state index in [2.05, 4.69) is 10.6 Å². The van der Waals surface area contributed by atoms with E-state index in [4.69, 9.17) is 4.74 Å². The second-order valence-corrected chi connectivity index (χ2v) is 14.6. The van der Waals surface area contributed by atoms with Gasteiger partial charge in [0.2, 0.25) is 0 Å². The number of rotatable bonds is 6. The number of aliphatic hydroxyl groups excluding tert-OH is 1. The lowest BCUT2D eigenvalue weighted by atomic mass is 9.93. The fourth-order valence-corrected chi connectivity index (χ4v) is 8.89. The van der Waals surface area contributed by atoms with Gasteiger partial charge in [0, 0.05) is 33.9 Å². The van der Waals surface area contributed by atoms with Gasteiger partial charge in [-0.05, 0) is 98.2 Å². The SMILES string of the molecule is Cc1cc(C)c(S(=O)(=O)O)c(C)c1Nc1ccc(Nc2c(C)cc(C)c(S(=O)(=O)O)c2C)c2c1C(O)c1ccccc1C1OC21. The summed E-state index contributed by atoms with van der Waals surface area (Å²) in [5.41, 5.74) is 7.69. The Balaban J connectivity index is 1.58. The van der Waals surface area contributed by atoms with Crippen LogP contribution in [0.4, 0.5) is 22.7 Å². The van der Waals surface area contributed by atoms with Crippen LogP contribution >= 0.6 is 0 Å². The summed E-state index contributed by atoms with van der Waals surface area (Å²) < 4.78 is 75.3. The van der Waals surface area contributed by atoms with Crippen LogP contribution in [0.15, 0.2) is 58.3 Å². The van der Waals surface area contributed by atoms with E-state index in [1.54, 1.807) is 52.0 Å². The van der Waals surface area contributed by atoms with Crippen molar-refractivity contribution >= 4 is 43.0 Å². The van der Waals surface area contributed by atoms with Crippen molar-refractivity contribution in [2.75, 3.05) is 10.6 Å². The molecule has 0 saturated carbocycles. The Morgan fingerprint density at radius 1 is 0.622 bits per heavy atom. The average molecular weight is 651 g/mol. The van der Waals surface area contributed by atoms with E-state index >= 15 is 0 Å². The first-order valence-corrected chi connectivity index (χ1v) is 17.2. The molecule has 45 heavy (non-hydrogen) atoms. The highest BCUT2D eigenvalue weighted by molar-refractivity contribution is 7.86. The van der Waals surface area contributed by atoms with Gasteiger partial charge in [0.25, 0.3) is 20.2 Å². The second-order valence-electron chi connectivity index (χ2n) is 11.9. The number of fused-ring (bicyclic) bond motifs is 5. The van der Waals surface area contributed by atoms with Gasteiger partial charge in [-0.3, -0.25) is 9.11 Å². The van der Waals surface area contributed by atoms with E-state index in [-0.39, 0.29) is 15.9 Å². The summed E-state index contributed by atoms with van der Waals surface area (Å²) in [5.74, 6) is 0. The molecule has 1 aliphatic heterocycles. The largest absolute Gasteiger partial charge is 0.384 e. The Labute approximate surface area is 262 Å². The lowest BCUT2D eigenvalue weighted by Gasteiger charge is -2.26. The van der Waals surface area contributed by atoms with Gasteiger partial charge in [-0.25, -0.2) is 0 Å². The summed E-state index contributed by atoms with van der Waals surface area (Å²) >= 11 is 0. The number of hydrogen-bond acceptors (Lipinski definition) is 8. The highest BCUT2D eigenvalue weighted by Gasteiger charge is 2.49. The molecule has 10 nitrogen and oxygen atoms in total. The van der Waals surface area contributed by atoms with E-state index in [1.807, 2.05) is 38.1 Å². The number of nitrogens with one attached hydrogen (secondary N) is 2. The molecule has 0 spiro atoms. The Hall–Kier alpha value is -3.78. The maximum atomic E-state index is 12.3. The Morgan fingerprint density at radius 2 is 1.07 bits per heavy atom. The first-order chi connectivity index (χ1) is 21.0. The van der Waals surface area contributed by atoms with Crippen LogP contribution < -0.4 is 10.6 Å². The zero-order valence-electron chi connectivity index (χ0n) is 25.6. The fraction of sp³-hybridized carbons (Fsp3) is 0.273. The number of aryl methyl sites for hydroxylation is 4. The zero-order chi connectivity index (χ0) is 32.7. The van der Waals surface area contributed by atoms with E-state index in [1.165, 1.54) is 0 Å². The van der Waals surface area contributed by atoms with Crippen LogP contribution in [0.1, 0.15) is 73.9 Å². The minimum absolute atomic E-state index is 0.173. The van der Waals surface area contributed by atoms with Gasteiger partial charge in [0.05, 0.1) is 0 Å². The smallest absolute Gasteiger partial charge is 0.295 e. The Bertz CT molecular complexity index is 2140. The van der Waals surface area contributed by atoms with Crippen LogP contribution in [0.5, 0.6) is 0 Å². The van der Waals surface area contributed by atoms with Crippen LogP contribution in [-0.4, -0.2) is 31.0 Å².